The molecule has 0 saturated carbocycles. The van der Waals surface area contributed by atoms with Crippen molar-refractivity contribution in [1.29, 1.82) is 0 Å². The first-order valence-electron chi connectivity index (χ1n) is 6.71. The van der Waals surface area contributed by atoms with Crippen molar-refractivity contribution in [3.05, 3.63) is 21.4 Å². The molecule has 0 amide bonds. The highest BCUT2D eigenvalue weighted by Crippen LogP contribution is 2.32. The molecule has 20 heavy (non-hydrogen) atoms. The highest BCUT2D eigenvalue weighted by atomic mass is 35.5. The van der Waals surface area contributed by atoms with E-state index in [1.165, 1.54) is 4.88 Å². The molecule has 0 spiro atoms. The summed E-state index contributed by atoms with van der Waals surface area (Å²) in [6.07, 6.45) is 1.02. The molecule has 2 aromatic heterocycles. The van der Waals surface area contributed by atoms with Gasteiger partial charge in [0.1, 0.15) is 16.6 Å². The van der Waals surface area contributed by atoms with E-state index in [4.69, 9.17) is 21.1 Å². The van der Waals surface area contributed by atoms with Crippen LogP contribution in [-0.2, 0) is 16.1 Å². The second-order valence-electron chi connectivity index (χ2n) is 4.56. The zero-order valence-electron chi connectivity index (χ0n) is 12.0. The molecule has 110 valence electrons. The van der Waals surface area contributed by atoms with Gasteiger partial charge in [-0.15, -0.1) is 11.3 Å². The predicted molar refractivity (Wildman–Crippen MR) is 82.7 cm³/mol. The van der Waals surface area contributed by atoms with Crippen LogP contribution in [-0.4, -0.2) is 29.8 Å². The number of nitrogens with zero attached hydrogens (tertiary/aromatic N) is 2. The molecule has 0 unspecified atom stereocenters. The molecule has 0 radical (unpaired) electrons. The molecule has 0 fully saturated rings. The lowest BCUT2D eigenvalue weighted by Gasteiger charge is -2.05. The molecule has 0 atom stereocenters. The minimum absolute atomic E-state index is 0.362. The van der Waals surface area contributed by atoms with Gasteiger partial charge >= 0.3 is 0 Å². The summed E-state index contributed by atoms with van der Waals surface area (Å²) in [5.74, 6) is 0.624. The Kier molecular flexibility index (Phi) is 5.72. The van der Waals surface area contributed by atoms with Gasteiger partial charge in [0.2, 0.25) is 0 Å². The van der Waals surface area contributed by atoms with Crippen LogP contribution in [0.4, 0.5) is 0 Å². The number of hydrogen-bond acceptors (Lipinski definition) is 5. The fraction of sp³-hybridized carbons (Fsp3) is 0.571. The van der Waals surface area contributed by atoms with Crippen LogP contribution in [0, 0.1) is 13.8 Å². The number of rotatable bonds is 7. The summed E-state index contributed by atoms with van der Waals surface area (Å²) < 4.78 is 10.8. The number of aryl methyl sites for hydroxylation is 2. The Bertz CT molecular complexity index is 586. The molecule has 0 saturated heterocycles. The zero-order chi connectivity index (χ0) is 14.5. The Morgan fingerprint density at radius 2 is 1.85 bits per heavy atom. The summed E-state index contributed by atoms with van der Waals surface area (Å²) in [5.41, 5.74) is 1.16. The first-order valence-corrected chi connectivity index (χ1v) is 7.90. The molecular formula is C14H19ClN2O2S. The van der Waals surface area contributed by atoms with Gasteiger partial charge in [-0.3, -0.25) is 0 Å². The third kappa shape index (κ3) is 3.67. The van der Waals surface area contributed by atoms with Crippen LogP contribution in [0.5, 0.6) is 0 Å². The summed E-state index contributed by atoms with van der Waals surface area (Å²) in [6.45, 7) is 8.47. The van der Waals surface area contributed by atoms with Gasteiger partial charge in [-0.25, -0.2) is 9.97 Å². The Labute approximate surface area is 128 Å². The van der Waals surface area contributed by atoms with E-state index in [2.05, 4.69) is 23.8 Å². The topological polar surface area (TPSA) is 44.2 Å². The SMILES string of the molecule is CCCOCCOCc1nc(Cl)c2c(C)c(C)sc2n1. The highest BCUT2D eigenvalue weighted by molar-refractivity contribution is 7.18. The van der Waals surface area contributed by atoms with E-state index >= 15 is 0 Å². The minimum atomic E-state index is 0.362. The summed E-state index contributed by atoms with van der Waals surface area (Å²) in [5, 5.41) is 1.47. The van der Waals surface area contributed by atoms with Crippen molar-refractivity contribution in [2.45, 2.75) is 33.8 Å². The molecular weight excluding hydrogens is 296 g/mol. The van der Waals surface area contributed by atoms with E-state index in [1.54, 1.807) is 11.3 Å². The van der Waals surface area contributed by atoms with Gasteiger partial charge in [-0.2, -0.15) is 0 Å². The van der Waals surface area contributed by atoms with Crippen molar-refractivity contribution in [3.8, 4) is 0 Å². The van der Waals surface area contributed by atoms with Gasteiger partial charge in [-0.05, 0) is 25.8 Å². The van der Waals surface area contributed by atoms with Crippen molar-refractivity contribution in [3.63, 3.8) is 0 Å². The summed E-state index contributed by atoms with van der Waals surface area (Å²) in [7, 11) is 0. The molecule has 0 N–H and O–H groups in total. The fourth-order valence-corrected chi connectivity index (χ4v) is 3.27. The van der Waals surface area contributed by atoms with E-state index in [0.717, 1.165) is 28.8 Å². The monoisotopic (exact) mass is 314 g/mol. The largest absolute Gasteiger partial charge is 0.379 e. The Balaban J connectivity index is 1.98. The van der Waals surface area contributed by atoms with Crippen molar-refractivity contribution in [1.82, 2.24) is 9.97 Å². The first-order chi connectivity index (χ1) is 9.63. The van der Waals surface area contributed by atoms with Gasteiger partial charge in [0.15, 0.2) is 5.82 Å². The molecule has 6 heteroatoms. The molecule has 0 bridgehead atoms. The third-order valence-corrected chi connectivity index (χ3v) is 4.36. The fourth-order valence-electron chi connectivity index (χ4n) is 1.83. The van der Waals surface area contributed by atoms with Crippen LogP contribution in [0.25, 0.3) is 10.2 Å². The van der Waals surface area contributed by atoms with E-state index in [0.29, 0.717) is 30.8 Å². The van der Waals surface area contributed by atoms with E-state index in [9.17, 15) is 0 Å². The normalized spacial score (nSPS) is 11.4. The van der Waals surface area contributed by atoms with Crippen LogP contribution >= 0.6 is 22.9 Å². The van der Waals surface area contributed by atoms with Gasteiger partial charge in [0.25, 0.3) is 0 Å². The quantitative estimate of drug-likeness (QED) is 0.574. The van der Waals surface area contributed by atoms with Crippen molar-refractivity contribution in [2.24, 2.45) is 0 Å². The average Bonchev–Trinajstić information content (AvgIpc) is 2.69. The molecule has 0 aliphatic rings. The van der Waals surface area contributed by atoms with E-state index in [1.807, 2.05) is 6.92 Å². The van der Waals surface area contributed by atoms with Crippen molar-refractivity contribution >= 4 is 33.2 Å². The predicted octanol–water partition coefficient (Wildman–Crippen LogP) is 3.90. The van der Waals surface area contributed by atoms with Crippen LogP contribution in [0.1, 0.15) is 29.6 Å². The van der Waals surface area contributed by atoms with E-state index < -0.39 is 0 Å². The summed E-state index contributed by atoms with van der Waals surface area (Å²) in [4.78, 5) is 11.0. The Morgan fingerprint density at radius 3 is 2.60 bits per heavy atom. The minimum Gasteiger partial charge on any atom is -0.379 e. The lowest BCUT2D eigenvalue weighted by atomic mass is 10.2. The maximum absolute atomic E-state index is 6.24. The molecule has 0 aliphatic heterocycles. The smallest absolute Gasteiger partial charge is 0.157 e. The van der Waals surface area contributed by atoms with Crippen LogP contribution in [0.2, 0.25) is 5.15 Å². The summed E-state index contributed by atoms with van der Waals surface area (Å²) >= 11 is 7.88. The number of aromatic nitrogens is 2. The van der Waals surface area contributed by atoms with E-state index in [-0.39, 0.29) is 0 Å². The molecule has 2 heterocycles. The summed E-state index contributed by atoms with van der Waals surface area (Å²) in [6, 6.07) is 0. The van der Waals surface area contributed by atoms with Crippen LogP contribution in [0.3, 0.4) is 0 Å². The molecule has 2 rings (SSSR count). The molecule has 4 nitrogen and oxygen atoms in total. The Hall–Kier alpha value is -0.750. The number of thiophene rings is 1. The second kappa shape index (κ2) is 7.31. The average molecular weight is 315 g/mol. The first kappa shape index (κ1) is 15.6. The standard InChI is InChI=1S/C14H19ClN2O2S/c1-4-5-18-6-7-19-8-11-16-13(15)12-9(2)10(3)20-14(12)17-11/h4-8H2,1-3H3. The molecule has 2 aromatic rings. The molecule has 0 aliphatic carbocycles. The van der Waals surface area contributed by atoms with Crippen LogP contribution in [0.15, 0.2) is 0 Å². The number of halogens is 1. The van der Waals surface area contributed by atoms with Gasteiger partial charge in [0.05, 0.1) is 18.6 Å². The van der Waals surface area contributed by atoms with Crippen molar-refractivity contribution < 1.29 is 9.47 Å². The highest BCUT2D eigenvalue weighted by Gasteiger charge is 2.13. The molecule has 0 aromatic carbocycles. The number of ether oxygens (including phenoxy) is 2. The van der Waals surface area contributed by atoms with Gasteiger partial charge < -0.3 is 9.47 Å². The number of hydrogen-bond donors (Lipinski definition) is 0. The van der Waals surface area contributed by atoms with Gasteiger partial charge in [0, 0.05) is 11.5 Å². The maximum atomic E-state index is 6.24. The lowest BCUT2D eigenvalue weighted by molar-refractivity contribution is 0.0386. The lowest BCUT2D eigenvalue weighted by Crippen LogP contribution is -2.06. The van der Waals surface area contributed by atoms with Crippen molar-refractivity contribution in [2.75, 3.05) is 19.8 Å². The maximum Gasteiger partial charge on any atom is 0.157 e. The third-order valence-electron chi connectivity index (χ3n) is 2.98. The zero-order valence-corrected chi connectivity index (χ0v) is 13.6. The van der Waals surface area contributed by atoms with Crippen LogP contribution < -0.4 is 0 Å². The second-order valence-corrected chi connectivity index (χ2v) is 6.12. The van der Waals surface area contributed by atoms with Gasteiger partial charge in [-0.1, -0.05) is 18.5 Å². The Morgan fingerprint density at radius 1 is 1.10 bits per heavy atom. The number of fused-ring (bicyclic) bond motifs is 1.